The molecule has 29 heavy (non-hydrogen) atoms. The molecule has 7 nitrogen and oxygen atoms in total. The number of nitriles is 1. The third kappa shape index (κ3) is 4.96. The van der Waals surface area contributed by atoms with Crippen LogP contribution in [0.25, 0.3) is 0 Å². The molecule has 0 bridgehead atoms. The van der Waals surface area contributed by atoms with Gasteiger partial charge in [0.15, 0.2) is 0 Å². The average Bonchev–Trinajstić information content (AvgIpc) is 2.77. The highest BCUT2D eigenvalue weighted by Gasteiger charge is 2.15. The van der Waals surface area contributed by atoms with Crippen LogP contribution in [0.4, 0.5) is 11.4 Å². The third-order valence-corrected chi connectivity index (χ3v) is 4.27. The first-order valence-electron chi connectivity index (χ1n) is 8.80. The van der Waals surface area contributed by atoms with Crippen molar-refractivity contribution in [2.45, 2.75) is 6.42 Å². The maximum atomic E-state index is 11.4. The van der Waals surface area contributed by atoms with Gasteiger partial charge < -0.3 is 4.74 Å². The van der Waals surface area contributed by atoms with Crippen molar-refractivity contribution in [2.75, 3.05) is 12.5 Å². The van der Waals surface area contributed by atoms with Crippen LogP contribution in [0.1, 0.15) is 16.7 Å². The first-order chi connectivity index (χ1) is 14.1. The molecule has 7 heteroatoms. The lowest BCUT2D eigenvalue weighted by Gasteiger charge is -2.10. The number of ether oxygens (including phenoxy) is 1. The topological polar surface area (TPSA) is 101 Å². The van der Waals surface area contributed by atoms with E-state index in [1.165, 1.54) is 18.2 Å². The summed E-state index contributed by atoms with van der Waals surface area (Å²) in [6, 6.07) is 23.4. The molecule has 0 aromatic heterocycles. The molecule has 0 aliphatic rings. The molecule has 0 amide bonds. The second kappa shape index (κ2) is 9.15. The zero-order chi connectivity index (χ0) is 20.6. The number of nitrogens with zero attached hydrogens (tertiary/aromatic N) is 3. The average molecular weight is 386 g/mol. The van der Waals surface area contributed by atoms with E-state index >= 15 is 0 Å². The second-order valence-corrected chi connectivity index (χ2v) is 6.16. The Labute approximate surface area is 168 Å². The summed E-state index contributed by atoms with van der Waals surface area (Å²) in [6.45, 7) is 0. The Balaban J connectivity index is 1.96. The van der Waals surface area contributed by atoms with Gasteiger partial charge in [-0.2, -0.15) is 10.4 Å². The van der Waals surface area contributed by atoms with E-state index in [1.54, 1.807) is 7.11 Å². The highest BCUT2D eigenvalue weighted by Crippen LogP contribution is 2.25. The van der Waals surface area contributed by atoms with Crippen molar-refractivity contribution >= 4 is 17.1 Å². The number of nitrogens with one attached hydrogen (secondary N) is 1. The molecule has 0 heterocycles. The largest absolute Gasteiger partial charge is 0.497 e. The van der Waals surface area contributed by atoms with E-state index in [1.807, 2.05) is 60.7 Å². The minimum atomic E-state index is -0.539. The third-order valence-electron chi connectivity index (χ3n) is 4.27. The Morgan fingerprint density at radius 3 is 2.48 bits per heavy atom. The summed E-state index contributed by atoms with van der Waals surface area (Å²) < 4.78 is 5.20. The van der Waals surface area contributed by atoms with Crippen molar-refractivity contribution < 1.29 is 9.66 Å². The van der Waals surface area contributed by atoms with E-state index in [0.717, 1.165) is 16.9 Å². The molecule has 144 valence electrons. The Kier molecular flexibility index (Phi) is 6.18. The summed E-state index contributed by atoms with van der Waals surface area (Å²) in [6.07, 6.45) is 0.532. The molecule has 0 fully saturated rings. The zero-order valence-corrected chi connectivity index (χ0v) is 15.7. The molecule has 0 aliphatic heterocycles. The molecule has 0 saturated heterocycles. The molecular formula is C22H18N4O3. The Bertz CT molecular complexity index is 1070. The van der Waals surface area contributed by atoms with Crippen LogP contribution in [-0.2, 0) is 6.42 Å². The minimum Gasteiger partial charge on any atom is -0.497 e. The van der Waals surface area contributed by atoms with E-state index in [0.29, 0.717) is 12.1 Å². The lowest BCUT2D eigenvalue weighted by molar-refractivity contribution is -0.384. The second-order valence-electron chi connectivity index (χ2n) is 6.16. The van der Waals surface area contributed by atoms with Gasteiger partial charge in [-0.1, -0.05) is 30.3 Å². The van der Waals surface area contributed by atoms with Crippen molar-refractivity contribution in [3.05, 3.63) is 99.6 Å². The fraction of sp³-hybridized carbons (Fsp3) is 0.0909. The molecule has 0 unspecified atom stereocenters. The monoisotopic (exact) mass is 386 g/mol. The molecule has 0 saturated carbocycles. The molecule has 3 rings (SSSR count). The maximum Gasteiger partial charge on any atom is 0.295 e. The number of nitro benzene ring substituents is 1. The summed E-state index contributed by atoms with van der Waals surface area (Å²) in [7, 11) is 1.60. The number of benzene rings is 3. The first kappa shape index (κ1) is 19.6. The number of anilines is 1. The molecule has 0 spiro atoms. The van der Waals surface area contributed by atoms with Gasteiger partial charge in [0.1, 0.15) is 11.4 Å². The Morgan fingerprint density at radius 2 is 1.86 bits per heavy atom. The van der Waals surface area contributed by atoms with Crippen molar-refractivity contribution in [1.82, 2.24) is 0 Å². The number of rotatable bonds is 7. The van der Waals surface area contributed by atoms with E-state index in [9.17, 15) is 10.1 Å². The van der Waals surface area contributed by atoms with Gasteiger partial charge in [0.25, 0.3) is 5.69 Å². The van der Waals surface area contributed by atoms with Crippen molar-refractivity contribution in [2.24, 2.45) is 5.10 Å². The summed E-state index contributed by atoms with van der Waals surface area (Å²) in [5, 5.41) is 24.8. The number of methoxy groups -OCH3 is 1. The van der Waals surface area contributed by atoms with Crippen LogP contribution in [-0.4, -0.2) is 17.7 Å². The van der Waals surface area contributed by atoms with E-state index < -0.39 is 4.92 Å². The van der Waals surface area contributed by atoms with Gasteiger partial charge in [0, 0.05) is 12.5 Å². The predicted octanol–water partition coefficient (Wildman–Crippen LogP) is 4.53. The van der Waals surface area contributed by atoms with E-state index in [4.69, 9.17) is 10.00 Å². The molecule has 3 aromatic carbocycles. The summed E-state index contributed by atoms with van der Waals surface area (Å²) in [5.74, 6) is 0.725. The van der Waals surface area contributed by atoms with Crippen LogP contribution < -0.4 is 10.2 Å². The summed E-state index contributed by atoms with van der Waals surface area (Å²) in [5.41, 5.74) is 5.64. The molecule has 0 radical (unpaired) electrons. The van der Waals surface area contributed by atoms with Crippen molar-refractivity contribution in [1.29, 1.82) is 5.26 Å². The SMILES string of the molecule is COc1ccc(C(Cc2ccccc2)=NNc2ccc(C#N)cc2[N+](=O)[O-])cc1. The quantitative estimate of drug-likeness (QED) is 0.365. The smallest absolute Gasteiger partial charge is 0.295 e. The van der Waals surface area contributed by atoms with Gasteiger partial charge in [-0.15, -0.1) is 0 Å². The van der Waals surface area contributed by atoms with Gasteiger partial charge in [0.2, 0.25) is 0 Å². The molecule has 3 aromatic rings. The summed E-state index contributed by atoms with van der Waals surface area (Å²) >= 11 is 0. The maximum absolute atomic E-state index is 11.4. The van der Waals surface area contributed by atoms with Crippen LogP contribution in [0.2, 0.25) is 0 Å². The normalized spacial score (nSPS) is 10.8. The highest BCUT2D eigenvalue weighted by atomic mass is 16.6. The van der Waals surface area contributed by atoms with Gasteiger partial charge in [-0.3, -0.25) is 15.5 Å². The van der Waals surface area contributed by atoms with Crippen LogP contribution >= 0.6 is 0 Å². The van der Waals surface area contributed by atoms with Crippen LogP contribution in [0.15, 0.2) is 77.9 Å². The number of hydrogen-bond acceptors (Lipinski definition) is 6. The molecule has 0 atom stereocenters. The van der Waals surface area contributed by atoms with Crippen LogP contribution in [0.5, 0.6) is 5.75 Å². The standard InChI is InChI=1S/C22H18N4O3/c1-29-19-10-8-18(9-11-19)21(13-16-5-3-2-4-6-16)25-24-20-12-7-17(15-23)14-22(20)26(27)28/h2-12,14,24H,13H2,1H3. The predicted molar refractivity (Wildman–Crippen MR) is 111 cm³/mol. The lowest BCUT2D eigenvalue weighted by Crippen LogP contribution is -2.09. The lowest BCUT2D eigenvalue weighted by atomic mass is 10.0. The van der Waals surface area contributed by atoms with Crippen LogP contribution in [0, 0.1) is 21.4 Å². The Hall–Kier alpha value is -4.18. The van der Waals surface area contributed by atoms with Gasteiger partial charge in [0.05, 0.1) is 29.4 Å². The van der Waals surface area contributed by atoms with Gasteiger partial charge in [-0.25, -0.2) is 0 Å². The number of hydrazone groups is 1. The van der Waals surface area contributed by atoms with E-state index in [-0.39, 0.29) is 16.9 Å². The molecule has 1 N–H and O–H groups in total. The van der Waals surface area contributed by atoms with Crippen molar-refractivity contribution in [3.8, 4) is 11.8 Å². The van der Waals surface area contributed by atoms with Gasteiger partial charge in [-0.05, 0) is 47.5 Å². The molecular weight excluding hydrogens is 368 g/mol. The Morgan fingerprint density at radius 1 is 1.14 bits per heavy atom. The first-order valence-corrected chi connectivity index (χ1v) is 8.80. The highest BCUT2D eigenvalue weighted by molar-refractivity contribution is 6.02. The van der Waals surface area contributed by atoms with Crippen molar-refractivity contribution in [3.63, 3.8) is 0 Å². The molecule has 0 aliphatic carbocycles. The van der Waals surface area contributed by atoms with E-state index in [2.05, 4.69) is 10.5 Å². The number of hydrogen-bond donors (Lipinski definition) is 1. The van der Waals surface area contributed by atoms with Crippen LogP contribution in [0.3, 0.4) is 0 Å². The minimum absolute atomic E-state index is 0.207. The fourth-order valence-electron chi connectivity index (χ4n) is 2.75. The zero-order valence-electron chi connectivity index (χ0n) is 15.7. The fourth-order valence-corrected chi connectivity index (χ4v) is 2.75. The number of nitro groups is 1. The summed E-state index contributed by atoms with van der Waals surface area (Å²) in [4.78, 5) is 10.8. The van der Waals surface area contributed by atoms with Gasteiger partial charge >= 0.3 is 0 Å².